The number of sulfone groups is 1. The molecule has 0 saturated carbocycles. The number of rotatable bonds is 4. The molecule has 130 valence electrons. The van der Waals surface area contributed by atoms with Gasteiger partial charge in [0.15, 0.2) is 15.5 Å². The third kappa shape index (κ3) is 4.00. The van der Waals surface area contributed by atoms with Crippen LogP contribution in [0.3, 0.4) is 0 Å². The number of carbonyl (C=O) groups excluding carboxylic acids is 1. The SMILES string of the molecule is Cc1cc(F)ccc1-c1ccc2nc(NC(=O)CS(C)(=O)=O)nn2c1. The van der Waals surface area contributed by atoms with Gasteiger partial charge in [0.2, 0.25) is 11.9 Å². The molecule has 2 heterocycles. The maximum atomic E-state index is 13.2. The smallest absolute Gasteiger partial charge is 0.249 e. The standard InChI is InChI=1S/C16H15FN4O3S/c1-10-7-12(17)4-5-13(10)11-3-6-14-18-16(20-21(14)8-11)19-15(22)9-25(2,23)24/h3-8H,9H2,1-2H3,(H,19,20,22). The Morgan fingerprint density at radius 1 is 1.28 bits per heavy atom. The van der Waals surface area contributed by atoms with Gasteiger partial charge in [-0.3, -0.25) is 10.1 Å². The van der Waals surface area contributed by atoms with E-state index in [9.17, 15) is 17.6 Å². The van der Waals surface area contributed by atoms with Crippen LogP contribution in [0.1, 0.15) is 5.56 Å². The van der Waals surface area contributed by atoms with Crippen molar-refractivity contribution in [3.05, 3.63) is 47.9 Å². The van der Waals surface area contributed by atoms with E-state index in [-0.39, 0.29) is 11.8 Å². The van der Waals surface area contributed by atoms with Crippen LogP contribution in [0.4, 0.5) is 10.3 Å². The minimum Gasteiger partial charge on any atom is -0.292 e. The number of hydrogen-bond donors (Lipinski definition) is 1. The number of aryl methyl sites for hydroxylation is 1. The zero-order valence-electron chi connectivity index (χ0n) is 13.5. The summed E-state index contributed by atoms with van der Waals surface area (Å²) in [6.45, 7) is 1.81. The molecule has 0 spiro atoms. The summed E-state index contributed by atoms with van der Waals surface area (Å²) in [4.78, 5) is 15.8. The number of amides is 1. The Morgan fingerprint density at radius 3 is 2.72 bits per heavy atom. The van der Waals surface area contributed by atoms with E-state index in [1.54, 1.807) is 25.3 Å². The average Bonchev–Trinajstić information content (AvgIpc) is 2.86. The second kappa shape index (κ2) is 6.25. The van der Waals surface area contributed by atoms with Crippen molar-refractivity contribution in [2.75, 3.05) is 17.3 Å². The number of hydrogen-bond acceptors (Lipinski definition) is 5. The largest absolute Gasteiger partial charge is 0.292 e. The van der Waals surface area contributed by atoms with Crippen molar-refractivity contribution >= 4 is 27.3 Å². The van der Waals surface area contributed by atoms with E-state index in [2.05, 4.69) is 15.4 Å². The van der Waals surface area contributed by atoms with E-state index < -0.39 is 21.5 Å². The van der Waals surface area contributed by atoms with Crippen LogP contribution < -0.4 is 5.32 Å². The maximum absolute atomic E-state index is 13.2. The highest BCUT2D eigenvalue weighted by Gasteiger charge is 2.14. The molecule has 0 fully saturated rings. The van der Waals surface area contributed by atoms with Crippen molar-refractivity contribution in [1.82, 2.24) is 14.6 Å². The van der Waals surface area contributed by atoms with Crippen molar-refractivity contribution < 1.29 is 17.6 Å². The molecule has 7 nitrogen and oxygen atoms in total. The van der Waals surface area contributed by atoms with E-state index in [4.69, 9.17) is 0 Å². The van der Waals surface area contributed by atoms with Crippen molar-refractivity contribution in [1.29, 1.82) is 0 Å². The van der Waals surface area contributed by atoms with Crippen molar-refractivity contribution in [2.24, 2.45) is 0 Å². The molecule has 9 heteroatoms. The molecule has 1 aromatic carbocycles. The molecule has 25 heavy (non-hydrogen) atoms. The Hall–Kier alpha value is -2.81. The average molecular weight is 362 g/mol. The Bertz CT molecular complexity index is 1080. The Labute approximate surface area is 143 Å². The summed E-state index contributed by atoms with van der Waals surface area (Å²) in [6, 6.07) is 8.02. The van der Waals surface area contributed by atoms with Gasteiger partial charge in [-0.15, -0.1) is 5.10 Å². The van der Waals surface area contributed by atoms with Crippen LogP contribution in [0.2, 0.25) is 0 Å². The highest BCUT2D eigenvalue weighted by atomic mass is 32.2. The van der Waals surface area contributed by atoms with E-state index in [1.165, 1.54) is 16.6 Å². The minimum absolute atomic E-state index is 0.0154. The fourth-order valence-corrected chi connectivity index (χ4v) is 2.99. The molecule has 0 unspecified atom stereocenters. The van der Waals surface area contributed by atoms with Gasteiger partial charge in [-0.25, -0.2) is 17.3 Å². The summed E-state index contributed by atoms with van der Waals surface area (Å²) < 4.78 is 37.0. The topological polar surface area (TPSA) is 93.4 Å². The lowest BCUT2D eigenvalue weighted by Gasteiger charge is -2.06. The first kappa shape index (κ1) is 17.0. The third-order valence-corrected chi connectivity index (χ3v) is 4.26. The predicted octanol–water partition coefficient (Wildman–Crippen LogP) is 1.83. The first-order valence-electron chi connectivity index (χ1n) is 7.32. The Kier molecular flexibility index (Phi) is 4.25. The van der Waals surface area contributed by atoms with E-state index in [0.29, 0.717) is 5.65 Å². The van der Waals surface area contributed by atoms with Gasteiger partial charge in [0.05, 0.1) is 0 Å². The Balaban J connectivity index is 1.90. The van der Waals surface area contributed by atoms with Gasteiger partial charge in [0.25, 0.3) is 0 Å². The lowest BCUT2D eigenvalue weighted by molar-refractivity contribution is -0.113. The highest BCUT2D eigenvalue weighted by Crippen LogP contribution is 2.24. The van der Waals surface area contributed by atoms with Crippen molar-refractivity contribution in [3.8, 4) is 11.1 Å². The van der Waals surface area contributed by atoms with Crippen molar-refractivity contribution in [3.63, 3.8) is 0 Å². The number of benzene rings is 1. The van der Waals surface area contributed by atoms with E-state index in [0.717, 1.165) is 22.9 Å². The minimum atomic E-state index is -3.43. The summed E-state index contributed by atoms with van der Waals surface area (Å²) in [6.07, 6.45) is 2.68. The molecule has 1 N–H and O–H groups in total. The molecule has 0 atom stereocenters. The van der Waals surface area contributed by atoms with Gasteiger partial charge in [-0.2, -0.15) is 4.98 Å². The first-order chi connectivity index (χ1) is 11.7. The molecule has 0 saturated heterocycles. The van der Waals surface area contributed by atoms with Gasteiger partial charge >= 0.3 is 0 Å². The third-order valence-electron chi connectivity index (χ3n) is 3.47. The van der Waals surface area contributed by atoms with Crippen LogP contribution in [0.15, 0.2) is 36.5 Å². The quantitative estimate of drug-likeness (QED) is 0.764. The predicted molar refractivity (Wildman–Crippen MR) is 91.5 cm³/mol. The zero-order valence-corrected chi connectivity index (χ0v) is 14.3. The number of aromatic nitrogens is 3. The molecule has 0 aliphatic carbocycles. The second-order valence-corrected chi connectivity index (χ2v) is 7.87. The molecule has 3 rings (SSSR count). The molecule has 0 radical (unpaired) electrons. The summed E-state index contributed by atoms with van der Waals surface area (Å²) in [5.74, 6) is -1.63. The molecule has 2 aromatic heterocycles. The normalized spacial score (nSPS) is 11.6. The summed E-state index contributed by atoms with van der Waals surface area (Å²) in [5.41, 5.74) is 2.92. The number of halogens is 1. The van der Waals surface area contributed by atoms with Crippen molar-refractivity contribution in [2.45, 2.75) is 6.92 Å². The number of nitrogens with zero attached hydrogens (tertiary/aromatic N) is 3. The molecule has 3 aromatic rings. The second-order valence-electron chi connectivity index (χ2n) is 5.73. The summed E-state index contributed by atoms with van der Waals surface area (Å²) in [7, 11) is -3.43. The molecule has 0 aliphatic rings. The molecule has 0 bridgehead atoms. The van der Waals surface area contributed by atoms with Gasteiger partial charge in [-0.05, 0) is 42.3 Å². The number of carbonyl (C=O) groups is 1. The maximum Gasteiger partial charge on any atom is 0.249 e. The fraction of sp³-hybridized carbons (Fsp3) is 0.188. The number of anilines is 1. The van der Waals surface area contributed by atoms with Crippen LogP contribution >= 0.6 is 0 Å². The van der Waals surface area contributed by atoms with Crippen LogP contribution in [0.5, 0.6) is 0 Å². The number of pyridine rings is 1. The summed E-state index contributed by atoms with van der Waals surface area (Å²) in [5, 5.41) is 6.48. The molecular formula is C16H15FN4O3S. The first-order valence-corrected chi connectivity index (χ1v) is 9.38. The van der Waals surface area contributed by atoms with Crippen LogP contribution in [-0.4, -0.2) is 40.9 Å². The van der Waals surface area contributed by atoms with E-state index >= 15 is 0 Å². The van der Waals surface area contributed by atoms with Gasteiger partial charge < -0.3 is 0 Å². The molecule has 1 amide bonds. The van der Waals surface area contributed by atoms with E-state index in [1.807, 2.05) is 6.07 Å². The lowest BCUT2D eigenvalue weighted by atomic mass is 10.0. The van der Waals surface area contributed by atoms with Gasteiger partial charge in [0, 0.05) is 18.0 Å². The van der Waals surface area contributed by atoms with Crippen LogP contribution in [0.25, 0.3) is 16.8 Å². The van der Waals surface area contributed by atoms with Crippen LogP contribution in [0, 0.1) is 12.7 Å². The summed E-state index contributed by atoms with van der Waals surface area (Å²) >= 11 is 0. The Morgan fingerprint density at radius 2 is 2.04 bits per heavy atom. The van der Waals surface area contributed by atoms with Gasteiger partial charge in [-0.1, -0.05) is 6.07 Å². The van der Waals surface area contributed by atoms with Gasteiger partial charge in [0.1, 0.15) is 11.6 Å². The fourth-order valence-electron chi connectivity index (χ4n) is 2.45. The molecular weight excluding hydrogens is 347 g/mol. The zero-order chi connectivity index (χ0) is 18.2. The highest BCUT2D eigenvalue weighted by molar-refractivity contribution is 7.91. The lowest BCUT2D eigenvalue weighted by Crippen LogP contribution is -2.22. The number of fused-ring (bicyclic) bond motifs is 1. The number of nitrogens with one attached hydrogen (secondary N) is 1. The molecule has 0 aliphatic heterocycles. The van der Waals surface area contributed by atoms with Crippen LogP contribution in [-0.2, 0) is 14.6 Å². The monoisotopic (exact) mass is 362 g/mol.